The van der Waals surface area contributed by atoms with E-state index in [-0.39, 0.29) is 18.2 Å². The third-order valence-corrected chi connectivity index (χ3v) is 5.83. The topological polar surface area (TPSA) is 94.1 Å². The van der Waals surface area contributed by atoms with Gasteiger partial charge in [0.2, 0.25) is 16.8 Å². The standard InChI is InChI=1S/C18H21NO6S/c1-12-8-14(23-3)5-7-17(12)26(21,22)19-10-18(2,20)13-4-6-15-16(9-13)25-11-24-15/h4-9,19-20H,10-11H2,1-3H3. The number of sulfonamides is 1. The molecule has 0 radical (unpaired) electrons. The first-order valence-electron chi connectivity index (χ1n) is 8.00. The van der Waals surface area contributed by atoms with E-state index >= 15 is 0 Å². The Morgan fingerprint density at radius 1 is 1.19 bits per heavy atom. The molecule has 1 aliphatic rings. The highest BCUT2D eigenvalue weighted by Crippen LogP contribution is 2.35. The van der Waals surface area contributed by atoms with E-state index in [1.165, 1.54) is 20.1 Å². The molecule has 0 aliphatic carbocycles. The van der Waals surface area contributed by atoms with Crippen molar-refractivity contribution in [2.24, 2.45) is 0 Å². The third kappa shape index (κ3) is 3.62. The monoisotopic (exact) mass is 379 g/mol. The van der Waals surface area contributed by atoms with Gasteiger partial charge in [-0.1, -0.05) is 6.07 Å². The highest BCUT2D eigenvalue weighted by atomic mass is 32.2. The second-order valence-corrected chi connectivity index (χ2v) is 8.03. The van der Waals surface area contributed by atoms with Gasteiger partial charge in [-0.15, -0.1) is 0 Å². The molecule has 2 aromatic carbocycles. The fraction of sp³-hybridized carbons (Fsp3) is 0.333. The summed E-state index contributed by atoms with van der Waals surface area (Å²) in [6.07, 6.45) is 0. The maximum Gasteiger partial charge on any atom is 0.240 e. The maximum atomic E-state index is 12.6. The van der Waals surface area contributed by atoms with Crippen molar-refractivity contribution in [1.29, 1.82) is 0 Å². The van der Waals surface area contributed by atoms with Gasteiger partial charge in [-0.2, -0.15) is 0 Å². The maximum absolute atomic E-state index is 12.6. The molecule has 26 heavy (non-hydrogen) atoms. The van der Waals surface area contributed by atoms with Crippen LogP contribution in [0.3, 0.4) is 0 Å². The van der Waals surface area contributed by atoms with Crippen molar-refractivity contribution in [3.63, 3.8) is 0 Å². The predicted molar refractivity (Wildman–Crippen MR) is 95.1 cm³/mol. The van der Waals surface area contributed by atoms with Crippen LogP contribution in [-0.4, -0.2) is 34.0 Å². The molecule has 0 aromatic heterocycles. The molecular weight excluding hydrogens is 358 g/mol. The van der Waals surface area contributed by atoms with Crippen molar-refractivity contribution in [3.05, 3.63) is 47.5 Å². The number of hydrogen-bond donors (Lipinski definition) is 2. The number of methoxy groups -OCH3 is 1. The first-order valence-corrected chi connectivity index (χ1v) is 9.48. The van der Waals surface area contributed by atoms with Crippen LogP contribution < -0.4 is 18.9 Å². The highest BCUT2D eigenvalue weighted by molar-refractivity contribution is 7.89. The molecule has 0 fully saturated rings. The van der Waals surface area contributed by atoms with E-state index in [0.29, 0.717) is 28.4 Å². The summed E-state index contributed by atoms with van der Waals surface area (Å²) in [6, 6.07) is 9.72. The fourth-order valence-corrected chi connectivity index (χ4v) is 4.05. The normalized spacial score (nSPS) is 15.5. The van der Waals surface area contributed by atoms with Crippen LogP contribution in [0.15, 0.2) is 41.3 Å². The Hall–Kier alpha value is -2.29. The average Bonchev–Trinajstić information content (AvgIpc) is 3.07. The van der Waals surface area contributed by atoms with Gasteiger partial charge in [0.05, 0.1) is 12.0 Å². The minimum atomic E-state index is -3.79. The number of aryl methyl sites for hydroxylation is 1. The van der Waals surface area contributed by atoms with E-state index in [0.717, 1.165) is 0 Å². The summed E-state index contributed by atoms with van der Waals surface area (Å²) in [5.41, 5.74) is -0.343. The molecule has 1 atom stereocenters. The summed E-state index contributed by atoms with van der Waals surface area (Å²) in [5, 5.41) is 10.7. The first kappa shape index (κ1) is 18.5. The Labute approximate surface area is 152 Å². The molecule has 0 bridgehead atoms. The van der Waals surface area contributed by atoms with Crippen LogP contribution in [0.5, 0.6) is 17.2 Å². The van der Waals surface area contributed by atoms with Gasteiger partial charge in [0.15, 0.2) is 11.5 Å². The van der Waals surface area contributed by atoms with Gasteiger partial charge < -0.3 is 19.3 Å². The second-order valence-electron chi connectivity index (χ2n) is 6.30. The molecule has 7 nitrogen and oxygen atoms in total. The highest BCUT2D eigenvalue weighted by Gasteiger charge is 2.29. The van der Waals surface area contributed by atoms with Gasteiger partial charge in [-0.05, 0) is 55.3 Å². The third-order valence-electron chi connectivity index (χ3n) is 4.27. The van der Waals surface area contributed by atoms with Gasteiger partial charge in [-0.25, -0.2) is 13.1 Å². The number of hydrogen-bond acceptors (Lipinski definition) is 6. The smallest absolute Gasteiger partial charge is 0.240 e. The molecule has 0 saturated carbocycles. The largest absolute Gasteiger partial charge is 0.497 e. The minimum absolute atomic E-state index is 0.129. The first-order chi connectivity index (χ1) is 12.2. The Morgan fingerprint density at radius 2 is 1.92 bits per heavy atom. The summed E-state index contributed by atoms with van der Waals surface area (Å²) in [6.45, 7) is 3.16. The van der Waals surface area contributed by atoms with Crippen LogP contribution in [0.4, 0.5) is 0 Å². The predicted octanol–water partition coefficient (Wildman–Crippen LogP) is 1.92. The van der Waals surface area contributed by atoms with Gasteiger partial charge in [0, 0.05) is 6.54 Å². The molecule has 1 unspecified atom stereocenters. The molecular formula is C18H21NO6S. The zero-order valence-corrected chi connectivity index (χ0v) is 15.6. The molecule has 3 rings (SSSR count). The molecule has 0 saturated heterocycles. The Bertz CT molecular complexity index is 923. The number of rotatable bonds is 6. The van der Waals surface area contributed by atoms with Gasteiger partial charge in [0.25, 0.3) is 0 Å². The second kappa shape index (κ2) is 6.79. The average molecular weight is 379 g/mol. The fourth-order valence-electron chi connectivity index (χ4n) is 2.70. The number of aliphatic hydroxyl groups is 1. The zero-order valence-electron chi connectivity index (χ0n) is 14.8. The van der Waals surface area contributed by atoms with Gasteiger partial charge >= 0.3 is 0 Å². The van der Waals surface area contributed by atoms with Crippen LogP contribution in [-0.2, 0) is 15.6 Å². The number of benzene rings is 2. The summed E-state index contributed by atoms with van der Waals surface area (Å²) < 4.78 is 43.3. The summed E-state index contributed by atoms with van der Waals surface area (Å²) >= 11 is 0. The summed E-state index contributed by atoms with van der Waals surface area (Å²) in [7, 11) is -2.27. The lowest BCUT2D eigenvalue weighted by molar-refractivity contribution is 0.0625. The van der Waals surface area contributed by atoms with Crippen molar-refractivity contribution in [2.45, 2.75) is 24.3 Å². The summed E-state index contributed by atoms with van der Waals surface area (Å²) in [5.74, 6) is 1.70. The lowest BCUT2D eigenvalue weighted by Gasteiger charge is -2.24. The molecule has 1 aliphatic heterocycles. The van der Waals surface area contributed by atoms with Crippen LogP contribution in [0, 0.1) is 6.92 Å². The van der Waals surface area contributed by atoms with Crippen molar-refractivity contribution < 1.29 is 27.7 Å². The number of fused-ring (bicyclic) bond motifs is 1. The van der Waals surface area contributed by atoms with Crippen molar-refractivity contribution in [1.82, 2.24) is 4.72 Å². The molecule has 1 heterocycles. The van der Waals surface area contributed by atoms with E-state index in [9.17, 15) is 13.5 Å². The van der Waals surface area contributed by atoms with Crippen LogP contribution in [0.1, 0.15) is 18.1 Å². The number of nitrogens with one attached hydrogen (secondary N) is 1. The van der Waals surface area contributed by atoms with E-state index < -0.39 is 15.6 Å². The Kier molecular flexibility index (Phi) is 4.83. The van der Waals surface area contributed by atoms with Gasteiger partial charge in [-0.3, -0.25) is 0 Å². The summed E-state index contributed by atoms with van der Waals surface area (Å²) in [4.78, 5) is 0.139. The van der Waals surface area contributed by atoms with Crippen molar-refractivity contribution in [3.8, 4) is 17.2 Å². The molecule has 0 spiro atoms. The SMILES string of the molecule is COc1ccc(S(=O)(=O)NCC(C)(O)c2ccc3c(c2)OCO3)c(C)c1. The van der Waals surface area contributed by atoms with Crippen molar-refractivity contribution >= 4 is 10.0 Å². The molecule has 2 aromatic rings. The molecule has 8 heteroatoms. The lowest BCUT2D eigenvalue weighted by Crippen LogP contribution is -2.38. The van der Waals surface area contributed by atoms with E-state index in [1.807, 2.05) is 0 Å². The van der Waals surface area contributed by atoms with Crippen LogP contribution in [0.2, 0.25) is 0 Å². The van der Waals surface area contributed by atoms with E-state index in [1.54, 1.807) is 37.3 Å². The van der Waals surface area contributed by atoms with E-state index in [2.05, 4.69) is 4.72 Å². The molecule has 0 amide bonds. The quantitative estimate of drug-likeness (QED) is 0.796. The van der Waals surface area contributed by atoms with E-state index in [4.69, 9.17) is 14.2 Å². The Balaban J connectivity index is 1.78. The Morgan fingerprint density at radius 3 is 2.62 bits per heavy atom. The van der Waals surface area contributed by atoms with Crippen LogP contribution >= 0.6 is 0 Å². The minimum Gasteiger partial charge on any atom is -0.497 e. The number of ether oxygens (including phenoxy) is 3. The van der Waals surface area contributed by atoms with Crippen molar-refractivity contribution in [2.75, 3.05) is 20.4 Å². The molecule has 140 valence electrons. The zero-order chi connectivity index (χ0) is 18.9. The van der Waals surface area contributed by atoms with Gasteiger partial charge in [0.1, 0.15) is 11.4 Å². The molecule has 2 N–H and O–H groups in total. The van der Waals surface area contributed by atoms with Crippen LogP contribution in [0.25, 0.3) is 0 Å². The lowest BCUT2D eigenvalue weighted by atomic mass is 9.96.